The molecule has 0 N–H and O–H groups in total. The zero-order valence-electron chi connectivity index (χ0n) is 16.6. The van der Waals surface area contributed by atoms with E-state index in [0.717, 1.165) is 6.42 Å². The van der Waals surface area contributed by atoms with Crippen LogP contribution in [0.3, 0.4) is 0 Å². The van der Waals surface area contributed by atoms with Gasteiger partial charge in [0.2, 0.25) is 5.82 Å². The highest BCUT2D eigenvalue weighted by atomic mass is 19.2. The molecule has 0 aromatic heterocycles. The third kappa shape index (κ3) is 7.98. The second kappa shape index (κ2) is 11.7. The first-order chi connectivity index (χ1) is 13.5. The van der Waals surface area contributed by atoms with E-state index in [4.69, 9.17) is 4.74 Å². The van der Waals surface area contributed by atoms with E-state index in [1.165, 1.54) is 0 Å². The summed E-state index contributed by atoms with van der Waals surface area (Å²) < 4.78 is 75.9. The summed E-state index contributed by atoms with van der Waals surface area (Å²) in [6.45, 7) is 4.80. The topological polar surface area (TPSA) is 52.6 Å². The van der Waals surface area contributed by atoms with E-state index in [1.807, 2.05) is 20.8 Å². The van der Waals surface area contributed by atoms with Crippen molar-refractivity contribution >= 4 is 11.9 Å². The van der Waals surface area contributed by atoms with Crippen LogP contribution in [0, 0.1) is 35.0 Å². The molecule has 0 spiro atoms. The molecule has 1 rings (SSSR count). The van der Waals surface area contributed by atoms with Crippen molar-refractivity contribution in [3.05, 3.63) is 34.6 Å². The van der Waals surface area contributed by atoms with Crippen LogP contribution in [0.15, 0.2) is 0 Å². The Hall–Kier alpha value is -2.19. The average Bonchev–Trinajstić information content (AvgIpc) is 2.63. The maximum atomic E-state index is 13.5. The number of halogens is 5. The number of unbranched alkanes of at least 4 members (excludes halogenated alkanes) is 2. The fourth-order valence-electron chi connectivity index (χ4n) is 2.71. The number of hydrogen-bond acceptors (Lipinski definition) is 4. The number of carbonyl (C=O) groups excluding carboxylic acids is 2. The molecule has 0 saturated carbocycles. The highest BCUT2D eigenvalue weighted by Gasteiger charge is 2.26. The maximum absolute atomic E-state index is 13.5. The lowest BCUT2D eigenvalue weighted by atomic mass is 10.1. The second-order valence-corrected chi connectivity index (χ2v) is 7.20. The van der Waals surface area contributed by atoms with Gasteiger partial charge in [0.15, 0.2) is 23.3 Å². The maximum Gasteiger partial charge on any atom is 0.306 e. The molecule has 164 valence electrons. The first kappa shape index (κ1) is 24.8. The number of carbonyl (C=O) groups is 2. The summed E-state index contributed by atoms with van der Waals surface area (Å²) in [5.41, 5.74) is -1.20. The lowest BCUT2D eigenvalue weighted by Gasteiger charge is -2.15. The van der Waals surface area contributed by atoms with E-state index in [9.17, 15) is 31.5 Å². The molecular weight excluding hydrogens is 399 g/mol. The van der Waals surface area contributed by atoms with Crippen molar-refractivity contribution in [2.45, 2.75) is 72.0 Å². The molecule has 9 heteroatoms. The largest absolute Gasteiger partial charge is 0.463 e. The van der Waals surface area contributed by atoms with Crippen LogP contribution in [0.1, 0.15) is 64.9 Å². The number of rotatable bonds is 11. The van der Waals surface area contributed by atoms with Crippen molar-refractivity contribution in [2.75, 3.05) is 0 Å². The molecule has 29 heavy (non-hydrogen) atoms. The summed E-state index contributed by atoms with van der Waals surface area (Å²) in [7, 11) is 0. The van der Waals surface area contributed by atoms with Crippen LogP contribution in [-0.2, 0) is 25.7 Å². The van der Waals surface area contributed by atoms with Gasteiger partial charge in [-0.15, -0.1) is 0 Å². The highest BCUT2D eigenvalue weighted by molar-refractivity contribution is 5.70. The van der Waals surface area contributed by atoms with Gasteiger partial charge in [0.1, 0.15) is 6.61 Å². The van der Waals surface area contributed by atoms with Gasteiger partial charge in [-0.05, 0) is 32.1 Å². The summed E-state index contributed by atoms with van der Waals surface area (Å²) in [6.07, 6.45) is 2.00. The number of ether oxygens (including phenoxy) is 2. The minimum Gasteiger partial charge on any atom is -0.463 e. The lowest BCUT2D eigenvalue weighted by molar-refractivity contribution is -0.149. The molecule has 0 fully saturated rings. The van der Waals surface area contributed by atoms with Crippen molar-refractivity contribution in [2.24, 2.45) is 5.92 Å². The summed E-state index contributed by atoms with van der Waals surface area (Å²) in [4.78, 5) is 23.3. The lowest BCUT2D eigenvalue weighted by Crippen LogP contribution is -2.16. The SMILES string of the molecule is CC(C)CC(C)OC(=O)CCCCCC(=O)OCc1c(F)c(F)c(F)c(F)c1F. The zero-order valence-corrected chi connectivity index (χ0v) is 16.6. The first-order valence-corrected chi connectivity index (χ1v) is 9.39. The van der Waals surface area contributed by atoms with Crippen LogP contribution in [0.5, 0.6) is 0 Å². The Morgan fingerprint density at radius 1 is 0.759 bits per heavy atom. The number of hydrogen-bond donors (Lipinski definition) is 0. The van der Waals surface area contributed by atoms with Crippen LogP contribution < -0.4 is 0 Å². The van der Waals surface area contributed by atoms with E-state index in [2.05, 4.69) is 4.74 Å². The number of esters is 2. The molecule has 4 nitrogen and oxygen atoms in total. The predicted octanol–water partition coefficient (Wildman–Crippen LogP) is 5.35. The molecule has 0 saturated heterocycles. The summed E-state index contributed by atoms with van der Waals surface area (Å²) in [6, 6.07) is 0. The molecule has 1 unspecified atom stereocenters. The molecule has 0 aliphatic heterocycles. The van der Waals surface area contributed by atoms with E-state index in [1.54, 1.807) is 0 Å². The number of benzene rings is 1. The molecule has 1 aromatic rings. The van der Waals surface area contributed by atoms with Crippen molar-refractivity contribution in [3.8, 4) is 0 Å². The summed E-state index contributed by atoms with van der Waals surface area (Å²) in [5.74, 6) is -11.3. The Morgan fingerprint density at radius 2 is 1.24 bits per heavy atom. The normalized spacial score (nSPS) is 12.2. The van der Waals surface area contributed by atoms with Crippen molar-refractivity contribution in [1.29, 1.82) is 0 Å². The van der Waals surface area contributed by atoms with Gasteiger partial charge < -0.3 is 9.47 Å². The van der Waals surface area contributed by atoms with Crippen LogP contribution in [-0.4, -0.2) is 18.0 Å². The average molecular weight is 424 g/mol. The summed E-state index contributed by atoms with van der Waals surface area (Å²) >= 11 is 0. The van der Waals surface area contributed by atoms with E-state index in [-0.39, 0.29) is 24.9 Å². The van der Waals surface area contributed by atoms with Gasteiger partial charge in [-0.1, -0.05) is 20.3 Å². The molecule has 0 aliphatic carbocycles. The second-order valence-electron chi connectivity index (χ2n) is 7.20. The Kier molecular flexibility index (Phi) is 10.0. The molecule has 0 heterocycles. The molecule has 1 aromatic carbocycles. The molecule has 0 radical (unpaired) electrons. The molecular formula is C20H25F5O4. The van der Waals surface area contributed by atoms with Gasteiger partial charge in [0.05, 0.1) is 11.7 Å². The fourth-order valence-corrected chi connectivity index (χ4v) is 2.71. The minimum atomic E-state index is -2.27. The van der Waals surface area contributed by atoms with Gasteiger partial charge in [-0.3, -0.25) is 9.59 Å². The predicted molar refractivity (Wildman–Crippen MR) is 94.1 cm³/mol. The Balaban J connectivity index is 2.32. The smallest absolute Gasteiger partial charge is 0.306 e. The van der Waals surface area contributed by atoms with Gasteiger partial charge in [-0.2, -0.15) is 0 Å². The molecule has 0 bridgehead atoms. The minimum absolute atomic E-state index is 0.117. The third-order valence-corrected chi connectivity index (χ3v) is 4.08. The standard InChI is InChI=1S/C20H25F5O4/c1-11(2)9-12(3)29-15(27)8-6-4-5-7-14(26)28-10-13-16(21)18(23)20(25)19(24)17(13)22/h11-12H,4-10H2,1-3H3. The van der Waals surface area contributed by atoms with Gasteiger partial charge in [-0.25, -0.2) is 22.0 Å². The van der Waals surface area contributed by atoms with Crippen molar-refractivity contribution in [1.82, 2.24) is 0 Å². The zero-order chi connectivity index (χ0) is 22.1. The van der Waals surface area contributed by atoms with E-state index >= 15 is 0 Å². The fraction of sp³-hybridized carbons (Fsp3) is 0.600. The quantitative estimate of drug-likeness (QED) is 0.158. The van der Waals surface area contributed by atoms with Crippen molar-refractivity contribution < 1.29 is 41.0 Å². The van der Waals surface area contributed by atoms with Crippen molar-refractivity contribution in [3.63, 3.8) is 0 Å². The first-order valence-electron chi connectivity index (χ1n) is 9.39. The summed E-state index contributed by atoms with van der Waals surface area (Å²) in [5, 5.41) is 0. The molecule has 0 aliphatic rings. The van der Waals surface area contributed by atoms with Gasteiger partial charge in [0, 0.05) is 12.8 Å². The monoisotopic (exact) mass is 424 g/mol. The van der Waals surface area contributed by atoms with E-state index in [0.29, 0.717) is 25.2 Å². The van der Waals surface area contributed by atoms with Crippen LogP contribution in [0.2, 0.25) is 0 Å². The molecule has 0 amide bonds. The van der Waals surface area contributed by atoms with Gasteiger partial charge >= 0.3 is 11.9 Å². The van der Waals surface area contributed by atoms with Crippen LogP contribution >= 0.6 is 0 Å². The van der Waals surface area contributed by atoms with Crippen LogP contribution in [0.4, 0.5) is 22.0 Å². The van der Waals surface area contributed by atoms with Gasteiger partial charge in [0.25, 0.3) is 0 Å². The molecule has 1 atom stereocenters. The van der Waals surface area contributed by atoms with Crippen LogP contribution in [0.25, 0.3) is 0 Å². The Morgan fingerprint density at radius 3 is 1.76 bits per heavy atom. The highest BCUT2D eigenvalue weighted by Crippen LogP contribution is 2.23. The third-order valence-electron chi connectivity index (χ3n) is 4.08. The van der Waals surface area contributed by atoms with E-state index < -0.39 is 47.2 Å². The Labute approximate surface area is 166 Å². The Bertz CT molecular complexity index is 692.